The molecule has 0 saturated heterocycles. The molecule has 102 valence electrons. The molecule has 5 nitrogen and oxygen atoms in total. The zero-order chi connectivity index (χ0) is 13.7. The van der Waals surface area contributed by atoms with Gasteiger partial charge in [0.2, 0.25) is 0 Å². The monoisotopic (exact) mass is 279 g/mol. The zero-order valence-electron chi connectivity index (χ0n) is 11.0. The van der Waals surface area contributed by atoms with Gasteiger partial charge in [-0.2, -0.15) is 0 Å². The molecule has 2 rings (SSSR count). The third kappa shape index (κ3) is 3.65. The second-order valence-electron chi connectivity index (χ2n) is 4.22. The molecule has 6 heteroatoms. The molecule has 0 spiro atoms. The fourth-order valence-electron chi connectivity index (χ4n) is 1.65. The maximum atomic E-state index is 11.9. The fourth-order valence-corrected chi connectivity index (χ4v) is 2.44. The minimum Gasteiger partial charge on any atom is -0.472 e. The van der Waals surface area contributed by atoms with Gasteiger partial charge < -0.3 is 15.1 Å². The van der Waals surface area contributed by atoms with Gasteiger partial charge in [0.25, 0.3) is 5.91 Å². The number of hydrogen-bond donors (Lipinski definition) is 2. The highest BCUT2D eigenvalue weighted by atomic mass is 32.1. The van der Waals surface area contributed by atoms with Crippen LogP contribution in [0.3, 0.4) is 0 Å². The van der Waals surface area contributed by atoms with E-state index in [-0.39, 0.29) is 11.9 Å². The number of hydrogen-bond acceptors (Lipinski definition) is 5. The van der Waals surface area contributed by atoms with Crippen LogP contribution in [0.4, 0.5) is 0 Å². The third-order valence-electron chi connectivity index (χ3n) is 2.63. The van der Waals surface area contributed by atoms with Crippen molar-refractivity contribution in [2.24, 2.45) is 0 Å². The number of thiazole rings is 1. The minimum absolute atomic E-state index is 0.143. The van der Waals surface area contributed by atoms with E-state index < -0.39 is 0 Å². The Morgan fingerprint density at radius 1 is 1.58 bits per heavy atom. The van der Waals surface area contributed by atoms with Gasteiger partial charge in [-0.25, -0.2) is 4.98 Å². The van der Waals surface area contributed by atoms with Crippen molar-refractivity contribution in [3.8, 4) is 10.6 Å². The van der Waals surface area contributed by atoms with Crippen molar-refractivity contribution < 1.29 is 9.21 Å². The van der Waals surface area contributed by atoms with E-state index in [1.54, 1.807) is 17.9 Å². The van der Waals surface area contributed by atoms with Gasteiger partial charge in [-0.05, 0) is 19.5 Å². The molecule has 2 heterocycles. The summed E-state index contributed by atoms with van der Waals surface area (Å²) in [5, 5.41) is 8.65. The van der Waals surface area contributed by atoms with Crippen molar-refractivity contribution in [3.63, 3.8) is 0 Å². The average molecular weight is 279 g/mol. The first kappa shape index (κ1) is 13.8. The molecule has 0 aliphatic heterocycles. The van der Waals surface area contributed by atoms with E-state index in [2.05, 4.69) is 15.6 Å². The Balaban J connectivity index is 1.93. The first-order chi connectivity index (χ1) is 9.20. The number of furan rings is 1. The summed E-state index contributed by atoms with van der Waals surface area (Å²) in [4.78, 5) is 16.2. The summed E-state index contributed by atoms with van der Waals surface area (Å²) < 4.78 is 5.00. The number of nitrogens with zero attached hydrogens (tertiary/aromatic N) is 1. The second kappa shape index (κ2) is 6.49. The van der Waals surface area contributed by atoms with Crippen molar-refractivity contribution in [2.75, 3.05) is 13.1 Å². The molecule has 0 fully saturated rings. The lowest BCUT2D eigenvalue weighted by Gasteiger charge is -2.12. The highest BCUT2D eigenvalue weighted by Gasteiger charge is 2.12. The van der Waals surface area contributed by atoms with E-state index in [4.69, 9.17) is 4.42 Å². The van der Waals surface area contributed by atoms with Crippen LogP contribution in [0, 0.1) is 0 Å². The molecule has 0 radical (unpaired) electrons. The summed E-state index contributed by atoms with van der Waals surface area (Å²) in [6.07, 6.45) is 3.21. The van der Waals surface area contributed by atoms with Gasteiger partial charge in [-0.3, -0.25) is 4.79 Å². The van der Waals surface area contributed by atoms with E-state index >= 15 is 0 Å². The maximum Gasteiger partial charge on any atom is 0.270 e. The van der Waals surface area contributed by atoms with Crippen LogP contribution in [-0.4, -0.2) is 30.0 Å². The summed E-state index contributed by atoms with van der Waals surface area (Å²) in [6.45, 7) is 5.54. The standard InChI is InChI=1S/C13H17N3O2S/c1-3-14-9(2)6-15-12(17)11-8-19-13(16-11)10-4-5-18-7-10/h4-5,7-9,14H,3,6H2,1-2H3,(H,15,17)/t9-/m1/s1. The normalized spacial score (nSPS) is 12.3. The molecule has 0 aliphatic rings. The molecule has 0 bridgehead atoms. The van der Waals surface area contributed by atoms with Crippen LogP contribution in [0.25, 0.3) is 10.6 Å². The molecule has 0 unspecified atom stereocenters. The van der Waals surface area contributed by atoms with Crippen molar-refractivity contribution in [3.05, 3.63) is 29.7 Å². The number of amides is 1. The predicted molar refractivity (Wildman–Crippen MR) is 75.3 cm³/mol. The molecule has 0 aliphatic carbocycles. The Bertz CT molecular complexity index is 522. The van der Waals surface area contributed by atoms with E-state index in [1.807, 2.05) is 19.9 Å². The van der Waals surface area contributed by atoms with Crippen LogP contribution >= 0.6 is 11.3 Å². The lowest BCUT2D eigenvalue weighted by atomic mass is 10.3. The highest BCUT2D eigenvalue weighted by Crippen LogP contribution is 2.23. The van der Waals surface area contributed by atoms with E-state index in [1.165, 1.54) is 11.3 Å². The number of likely N-dealkylation sites (N-methyl/N-ethyl adjacent to an activating group) is 1. The number of carbonyl (C=O) groups is 1. The SMILES string of the molecule is CCN[C@H](C)CNC(=O)c1csc(-c2ccoc2)n1. The number of nitrogens with one attached hydrogen (secondary N) is 2. The summed E-state index contributed by atoms with van der Waals surface area (Å²) in [5.74, 6) is -0.143. The van der Waals surface area contributed by atoms with Gasteiger partial charge >= 0.3 is 0 Å². The molecule has 2 aromatic rings. The molecular weight excluding hydrogens is 262 g/mol. The highest BCUT2D eigenvalue weighted by molar-refractivity contribution is 7.13. The zero-order valence-corrected chi connectivity index (χ0v) is 11.8. The second-order valence-corrected chi connectivity index (χ2v) is 5.08. The molecule has 0 aromatic carbocycles. The number of aromatic nitrogens is 1. The van der Waals surface area contributed by atoms with Gasteiger partial charge in [-0.1, -0.05) is 6.92 Å². The van der Waals surface area contributed by atoms with Crippen molar-refractivity contribution in [1.82, 2.24) is 15.6 Å². The van der Waals surface area contributed by atoms with Gasteiger partial charge in [0.15, 0.2) is 0 Å². The summed E-state index contributed by atoms with van der Waals surface area (Å²) >= 11 is 1.43. The molecule has 19 heavy (non-hydrogen) atoms. The smallest absolute Gasteiger partial charge is 0.270 e. The van der Waals surface area contributed by atoms with Crippen LogP contribution in [0.1, 0.15) is 24.3 Å². The number of rotatable bonds is 6. The summed E-state index contributed by atoms with van der Waals surface area (Å²) in [5.41, 5.74) is 1.34. The molecule has 1 atom stereocenters. The van der Waals surface area contributed by atoms with Crippen LogP contribution in [0.5, 0.6) is 0 Å². The maximum absolute atomic E-state index is 11.9. The fraction of sp³-hybridized carbons (Fsp3) is 0.385. The van der Waals surface area contributed by atoms with E-state index in [0.717, 1.165) is 17.1 Å². The molecule has 2 aromatic heterocycles. The first-order valence-electron chi connectivity index (χ1n) is 6.20. The van der Waals surface area contributed by atoms with Crippen molar-refractivity contribution >= 4 is 17.2 Å². The van der Waals surface area contributed by atoms with Gasteiger partial charge in [0.1, 0.15) is 17.0 Å². The van der Waals surface area contributed by atoms with Crippen LogP contribution in [-0.2, 0) is 0 Å². The van der Waals surface area contributed by atoms with E-state index in [0.29, 0.717) is 12.2 Å². The van der Waals surface area contributed by atoms with Crippen molar-refractivity contribution in [1.29, 1.82) is 0 Å². The van der Waals surface area contributed by atoms with Crippen molar-refractivity contribution in [2.45, 2.75) is 19.9 Å². The topological polar surface area (TPSA) is 67.2 Å². The first-order valence-corrected chi connectivity index (χ1v) is 7.08. The van der Waals surface area contributed by atoms with Crippen LogP contribution in [0.2, 0.25) is 0 Å². The Kier molecular flexibility index (Phi) is 4.70. The molecular formula is C13H17N3O2S. The average Bonchev–Trinajstić information content (AvgIpc) is 3.06. The molecule has 2 N–H and O–H groups in total. The van der Waals surface area contributed by atoms with Gasteiger partial charge in [0.05, 0.1) is 6.26 Å². The predicted octanol–water partition coefficient (Wildman–Crippen LogP) is 2.13. The van der Waals surface area contributed by atoms with Gasteiger partial charge in [-0.15, -0.1) is 11.3 Å². The molecule has 1 amide bonds. The summed E-state index contributed by atoms with van der Waals surface area (Å²) in [7, 11) is 0. The largest absolute Gasteiger partial charge is 0.472 e. The Hall–Kier alpha value is -1.66. The Labute approximate surface area is 116 Å². The van der Waals surface area contributed by atoms with Crippen LogP contribution in [0.15, 0.2) is 28.4 Å². The Morgan fingerprint density at radius 3 is 3.11 bits per heavy atom. The third-order valence-corrected chi connectivity index (χ3v) is 3.52. The Morgan fingerprint density at radius 2 is 2.42 bits per heavy atom. The van der Waals surface area contributed by atoms with E-state index in [9.17, 15) is 4.79 Å². The lowest BCUT2D eigenvalue weighted by Crippen LogP contribution is -2.38. The van der Waals surface area contributed by atoms with Gasteiger partial charge in [0, 0.05) is 23.5 Å². The summed E-state index contributed by atoms with van der Waals surface area (Å²) in [6, 6.07) is 2.08. The molecule has 0 saturated carbocycles. The lowest BCUT2D eigenvalue weighted by molar-refractivity contribution is 0.0946. The minimum atomic E-state index is -0.143. The quantitative estimate of drug-likeness (QED) is 0.850. The number of carbonyl (C=O) groups excluding carboxylic acids is 1. The van der Waals surface area contributed by atoms with Crippen LogP contribution < -0.4 is 10.6 Å².